The Kier molecular flexibility index (Phi) is 5.39. The molecule has 0 atom stereocenters. The molecular weight excluding hydrogens is 320 g/mol. The van der Waals surface area contributed by atoms with Crippen LogP contribution in [0, 0.1) is 0 Å². The van der Waals surface area contributed by atoms with Gasteiger partial charge in [-0.25, -0.2) is 0 Å². The minimum atomic E-state index is 0.700. The molecule has 2 aromatic carbocycles. The number of para-hydroxylation sites is 1. The molecule has 0 aliphatic rings. The molecule has 124 valence electrons. The Balaban J connectivity index is 1.49. The van der Waals surface area contributed by atoms with E-state index in [1.807, 2.05) is 30.3 Å². The third-order valence-electron chi connectivity index (χ3n) is 3.85. The van der Waals surface area contributed by atoms with Crippen LogP contribution in [0.15, 0.2) is 59.6 Å². The summed E-state index contributed by atoms with van der Waals surface area (Å²) in [6.07, 6.45) is 0.896. The first-order chi connectivity index (χ1) is 11.7. The van der Waals surface area contributed by atoms with Crippen molar-refractivity contribution in [1.29, 1.82) is 0 Å². The fourth-order valence-corrected chi connectivity index (χ4v) is 2.86. The maximum absolute atomic E-state index is 6.00. The van der Waals surface area contributed by atoms with Crippen LogP contribution in [0.1, 0.15) is 11.3 Å². The molecule has 1 heterocycles. The molecule has 0 saturated carbocycles. The molecule has 3 rings (SSSR count). The minimum Gasteiger partial charge on any atom is -0.357 e. The van der Waals surface area contributed by atoms with Crippen LogP contribution in [-0.2, 0) is 13.0 Å². The van der Waals surface area contributed by atoms with Gasteiger partial charge in [-0.3, -0.25) is 4.99 Å². The number of benzene rings is 2. The fourth-order valence-electron chi connectivity index (χ4n) is 2.65. The highest BCUT2D eigenvalue weighted by atomic mass is 35.5. The van der Waals surface area contributed by atoms with Crippen LogP contribution in [0.2, 0.25) is 5.02 Å². The maximum Gasteiger partial charge on any atom is 0.191 e. The number of hydrogen-bond donors (Lipinski definition) is 3. The Morgan fingerprint density at radius 2 is 1.96 bits per heavy atom. The van der Waals surface area contributed by atoms with Gasteiger partial charge in [0.05, 0.1) is 6.54 Å². The van der Waals surface area contributed by atoms with Crippen molar-refractivity contribution in [3.8, 4) is 0 Å². The molecule has 3 aromatic rings. The predicted molar refractivity (Wildman–Crippen MR) is 102 cm³/mol. The standard InChI is InChI=1S/C19H21ClN4/c1-21-19(22-10-9-14-5-4-7-16(20)11-14)23-13-17-12-15-6-2-3-8-18(15)24-17/h2-8,11-12,24H,9-10,13H2,1H3,(H2,21,22,23). The van der Waals surface area contributed by atoms with Gasteiger partial charge in [0.25, 0.3) is 0 Å². The summed E-state index contributed by atoms with van der Waals surface area (Å²) in [6.45, 7) is 1.50. The fraction of sp³-hybridized carbons (Fsp3) is 0.211. The van der Waals surface area contributed by atoms with Crippen LogP contribution in [0.25, 0.3) is 10.9 Å². The Morgan fingerprint density at radius 3 is 2.75 bits per heavy atom. The molecule has 0 spiro atoms. The van der Waals surface area contributed by atoms with E-state index in [1.165, 1.54) is 10.9 Å². The molecule has 0 radical (unpaired) electrons. The first kappa shape index (κ1) is 16.4. The first-order valence-corrected chi connectivity index (χ1v) is 8.38. The van der Waals surface area contributed by atoms with E-state index in [2.05, 4.69) is 44.9 Å². The van der Waals surface area contributed by atoms with Crippen molar-refractivity contribution >= 4 is 28.5 Å². The summed E-state index contributed by atoms with van der Waals surface area (Å²) in [6, 6.07) is 18.3. The Labute approximate surface area is 147 Å². The number of aromatic amines is 1. The van der Waals surface area contributed by atoms with Gasteiger partial charge in [-0.1, -0.05) is 41.9 Å². The SMILES string of the molecule is CN=C(NCCc1cccc(Cl)c1)NCc1cc2ccccc2[nH]1. The van der Waals surface area contributed by atoms with E-state index in [0.717, 1.165) is 35.2 Å². The van der Waals surface area contributed by atoms with E-state index in [-0.39, 0.29) is 0 Å². The van der Waals surface area contributed by atoms with Crippen LogP contribution in [-0.4, -0.2) is 24.5 Å². The van der Waals surface area contributed by atoms with Crippen LogP contribution < -0.4 is 10.6 Å². The summed E-state index contributed by atoms with van der Waals surface area (Å²) in [7, 11) is 1.78. The van der Waals surface area contributed by atoms with E-state index < -0.39 is 0 Å². The highest BCUT2D eigenvalue weighted by Gasteiger charge is 2.02. The lowest BCUT2D eigenvalue weighted by Crippen LogP contribution is -2.37. The third-order valence-corrected chi connectivity index (χ3v) is 4.09. The van der Waals surface area contributed by atoms with Gasteiger partial charge in [0.1, 0.15) is 0 Å². The number of nitrogens with zero attached hydrogens (tertiary/aromatic N) is 1. The number of fused-ring (bicyclic) bond motifs is 1. The van der Waals surface area contributed by atoms with Crippen LogP contribution in [0.4, 0.5) is 0 Å². The average molecular weight is 341 g/mol. The van der Waals surface area contributed by atoms with Crippen molar-refractivity contribution in [1.82, 2.24) is 15.6 Å². The zero-order chi connectivity index (χ0) is 16.8. The van der Waals surface area contributed by atoms with Gasteiger partial charge in [-0.2, -0.15) is 0 Å². The van der Waals surface area contributed by atoms with E-state index in [4.69, 9.17) is 11.6 Å². The molecule has 5 heteroatoms. The molecule has 0 aliphatic carbocycles. The van der Waals surface area contributed by atoms with Gasteiger partial charge >= 0.3 is 0 Å². The van der Waals surface area contributed by atoms with Crippen molar-refractivity contribution in [3.63, 3.8) is 0 Å². The molecule has 0 aliphatic heterocycles. The Morgan fingerprint density at radius 1 is 1.08 bits per heavy atom. The minimum absolute atomic E-state index is 0.700. The summed E-state index contributed by atoms with van der Waals surface area (Å²) in [5, 5.41) is 8.64. The summed E-state index contributed by atoms with van der Waals surface area (Å²) in [5.41, 5.74) is 3.49. The number of aromatic nitrogens is 1. The van der Waals surface area contributed by atoms with Crippen LogP contribution in [0.5, 0.6) is 0 Å². The smallest absolute Gasteiger partial charge is 0.191 e. The summed E-state index contributed by atoms with van der Waals surface area (Å²) in [5.74, 6) is 0.788. The second kappa shape index (κ2) is 7.88. The molecule has 3 N–H and O–H groups in total. The van der Waals surface area contributed by atoms with Gasteiger partial charge in [0.15, 0.2) is 5.96 Å². The van der Waals surface area contributed by atoms with Crippen LogP contribution in [0.3, 0.4) is 0 Å². The van der Waals surface area contributed by atoms with Gasteiger partial charge in [-0.05, 0) is 41.6 Å². The summed E-state index contributed by atoms with van der Waals surface area (Å²) in [4.78, 5) is 7.66. The highest BCUT2D eigenvalue weighted by Crippen LogP contribution is 2.14. The third kappa shape index (κ3) is 4.30. The summed E-state index contributed by atoms with van der Waals surface area (Å²) < 4.78 is 0. The quantitative estimate of drug-likeness (QED) is 0.489. The zero-order valence-corrected chi connectivity index (χ0v) is 14.4. The molecule has 0 saturated heterocycles. The Hall–Kier alpha value is -2.46. The molecular formula is C19H21ClN4. The number of aliphatic imine (C=N–C) groups is 1. The van der Waals surface area contributed by atoms with Crippen molar-refractivity contribution in [2.75, 3.05) is 13.6 Å². The van der Waals surface area contributed by atoms with E-state index in [1.54, 1.807) is 7.05 Å². The van der Waals surface area contributed by atoms with Crippen LogP contribution >= 0.6 is 11.6 Å². The Bertz CT molecular complexity index is 805. The topological polar surface area (TPSA) is 52.2 Å². The first-order valence-electron chi connectivity index (χ1n) is 8.00. The van der Waals surface area contributed by atoms with Crippen molar-refractivity contribution in [2.24, 2.45) is 4.99 Å². The monoisotopic (exact) mass is 340 g/mol. The lowest BCUT2D eigenvalue weighted by atomic mass is 10.1. The number of rotatable bonds is 5. The largest absolute Gasteiger partial charge is 0.357 e. The average Bonchev–Trinajstić information content (AvgIpc) is 3.01. The zero-order valence-electron chi connectivity index (χ0n) is 13.6. The van der Waals surface area contributed by atoms with Gasteiger partial charge < -0.3 is 15.6 Å². The second-order valence-corrected chi connectivity index (χ2v) is 6.05. The molecule has 4 nitrogen and oxygen atoms in total. The van der Waals surface area contributed by atoms with Crippen molar-refractivity contribution < 1.29 is 0 Å². The lowest BCUT2D eigenvalue weighted by molar-refractivity contribution is 0.787. The van der Waals surface area contributed by atoms with Crippen molar-refractivity contribution in [2.45, 2.75) is 13.0 Å². The van der Waals surface area contributed by atoms with E-state index in [0.29, 0.717) is 6.54 Å². The molecule has 0 bridgehead atoms. The normalized spacial score (nSPS) is 11.7. The lowest BCUT2D eigenvalue weighted by Gasteiger charge is -2.11. The second-order valence-electron chi connectivity index (χ2n) is 5.61. The number of nitrogens with one attached hydrogen (secondary N) is 3. The number of guanidine groups is 1. The van der Waals surface area contributed by atoms with E-state index in [9.17, 15) is 0 Å². The summed E-state index contributed by atoms with van der Waals surface area (Å²) >= 11 is 6.00. The molecule has 24 heavy (non-hydrogen) atoms. The highest BCUT2D eigenvalue weighted by molar-refractivity contribution is 6.30. The number of halogens is 1. The number of H-pyrrole nitrogens is 1. The number of hydrogen-bond acceptors (Lipinski definition) is 1. The molecule has 0 unspecified atom stereocenters. The maximum atomic E-state index is 6.00. The predicted octanol–water partition coefficient (Wildman–Crippen LogP) is 3.73. The van der Waals surface area contributed by atoms with E-state index >= 15 is 0 Å². The van der Waals surface area contributed by atoms with Gasteiger partial charge in [0.2, 0.25) is 0 Å². The van der Waals surface area contributed by atoms with Crippen molar-refractivity contribution in [3.05, 3.63) is 70.9 Å². The molecule has 1 aromatic heterocycles. The van der Waals surface area contributed by atoms with Gasteiger partial charge in [-0.15, -0.1) is 0 Å². The molecule has 0 fully saturated rings. The van der Waals surface area contributed by atoms with Gasteiger partial charge in [0, 0.05) is 29.8 Å². The molecule has 0 amide bonds.